The molecular weight excluding hydrogens is 278 g/mol. The van der Waals surface area contributed by atoms with E-state index in [-0.39, 0.29) is 6.10 Å². The maximum Gasteiger partial charge on any atom is 0.208 e. The van der Waals surface area contributed by atoms with Crippen LogP contribution in [0.1, 0.15) is 20.3 Å². The SMILES string of the molecule is CC(C)Oc1cc(N)cc(NCCCNS(C)(=O)=O)c1. The highest BCUT2D eigenvalue weighted by Crippen LogP contribution is 2.23. The third-order valence-electron chi connectivity index (χ3n) is 2.35. The average molecular weight is 301 g/mol. The summed E-state index contributed by atoms with van der Waals surface area (Å²) in [4.78, 5) is 0. The molecule has 7 heteroatoms. The summed E-state index contributed by atoms with van der Waals surface area (Å²) in [5.74, 6) is 0.719. The zero-order chi connectivity index (χ0) is 15.2. The Morgan fingerprint density at radius 3 is 2.55 bits per heavy atom. The van der Waals surface area contributed by atoms with E-state index in [2.05, 4.69) is 10.0 Å². The summed E-state index contributed by atoms with van der Waals surface area (Å²) >= 11 is 0. The smallest absolute Gasteiger partial charge is 0.208 e. The van der Waals surface area contributed by atoms with Gasteiger partial charge in [-0.3, -0.25) is 0 Å². The standard InChI is InChI=1S/C13H23N3O3S/c1-10(2)19-13-8-11(14)7-12(9-13)15-5-4-6-16-20(3,17)18/h7-10,15-16H,4-6,14H2,1-3H3. The van der Waals surface area contributed by atoms with Crippen LogP contribution in [-0.4, -0.2) is 33.9 Å². The summed E-state index contributed by atoms with van der Waals surface area (Å²) in [7, 11) is -3.11. The Morgan fingerprint density at radius 1 is 1.25 bits per heavy atom. The van der Waals surface area contributed by atoms with Crippen molar-refractivity contribution < 1.29 is 13.2 Å². The van der Waals surface area contributed by atoms with Crippen molar-refractivity contribution in [3.63, 3.8) is 0 Å². The van der Waals surface area contributed by atoms with Gasteiger partial charge in [0.05, 0.1) is 12.4 Å². The number of anilines is 2. The topological polar surface area (TPSA) is 93.4 Å². The number of ether oxygens (including phenoxy) is 1. The fraction of sp³-hybridized carbons (Fsp3) is 0.538. The minimum atomic E-state index is -3.11. The van der Waals surface area contributed by atoms with Gasteiger partial charge >= 0.3 is 0 Å². The van der Waals surface area contributed by atoms with E-state index in [1.165, 1.54) is 0 Å². The number of hydrogen-bond donors (Lipinski definition) is 3. The van der Waals surface area contributed by atoms with Gasteiger partial charge in [0, 0.05) is 36.6 Å². The number of nitrogens with one attached hydrogen (secondary N) is 2. The third-order valence-corrected chi connectivity index (χ3v) is 3.08. The first-order valence-electron chi connectivity index (χ1n) is 6.52. The van der Waals surface area contributed by atoms with E-state index in [0.29, 0.717) is 25.2 Å². The van der Waals surface area contributed by atoms with Crippen molar-refractivity contribution in [3.8, 4) is 5.75 Å². The molecule has 0 aliphatic heterocycles. The van der Waals surface area contributed by atoms with Gasteiger partial charge in [0.15, 0.2) is 0 Å². The van der Waals surface area contributed by atoms with E-state index >= 15 is 0 Å². The molecule has 0 saturated carbocycles. The second-order valence-corrected chi connectivity index (χ2v) is 6.74. The van der Waals surface area contributed by atoms with E-state index in [4.69, 9.17) is 10.5 Å². The Balaban J connectivity index is 2.45. The van der Waals surface area contributed by atoms with Crippen LogP contribution in [0.15, 0.2) is 18.2 Å². The van der Waals surface area contributed by atoms with E-state index in [1.54, 1.807) is 6.07 Å². The number of hydrogen-bond acceptors (Lipinski definition) is 5. The van der Waals surface area contributed by atoms with Gasteiger partial charge in [-0.2, -0.15) is 0 Å². The monoisotopic (exact) mass is 301 g/mol. The van der Waals surface area contributed by atoms with Crippen LogP contribution in [-0.2, 0) is 10.0 Å². The molecule has 0 atom stereocenters. The molecular formula is C13H23N3O3S. The second kappa shape index (κ2) is 7.35. The molecule has 0 amide bonds. The Morgan fingerprint density at radius 2 is 1.95 bits per heavy atom. The molecule has 0 bridgehead atoms. The predicted molar refractivity (Wildman–Crippen MR) is 82.6 cm³/mol. The van der Waals surface area contributed by atoms with Crippen molar-refractivity contribution in [1.29, 1.82) is 0 Å². The molecule has 0 spiro atoms. The van der Waals surface area contributed by atoms with E-state index in [9.17, 15) is 8.42 Å². The Bertz CT molecular complexity index is 530. The lowest BCUT2D eigenvalue weighted by Gasteiger charge is -2.13. The fourth-order valence-corrected chi connectivity index (χ4v) is 2.16. The molecule has 0 fully saturated rings. The predicted octanol–water partition coefficient (Wildman–Crippen LogP) is 1.41. The van der Waals surface area contributed by atoms with Gasteiger partial charge in [-0.15, -0.1) is 0 Å². The number of nitrogen functional groups attached to an aromatic ring is 1. The molecule has 0 aromatic heterocycles. The lowest BCUT2D eigenvalue weighted by molar-refractivity contribution is 0.242. The van der Waals surface area contributed by atoms with Gasteiger partial charge < -0.3 is 15.8 Å². The van der Waals surface area contributed by atoms with Crippen LogP contribution in [0.4, 0.5) is 11.4 Å². The van der Waals surface area contributed by atoms with Crippen LogP contribution in [0.5, 0.6) is 5.75 Å². The molecule has 4 N–H and O–H groups in total. The van der Waals surface area contributed by atoms with E-state index in [1.807, 2.05) is 26.0 Å². The van der Waals surface area contributed by atoms with Crippen molar-refractivity contribution in [3.05, 3.63) is 18.2 Å². The first-order valence-corrected chi connectivity index (χ1v) is 8.41. The zero-order valence-corrected chi connectivity index (χ0v) is 13.0. The van der Waals surface area contributed by atoms with Crippen LogP contribution in [0.3, 0.4) is 0 Å². The number of benzene rings is 1. The average Bonchev–Trinajstić information content (AvgIpc) is 2.25. The maximum absolute atomic E-state index is 10.9. The summed E-state index contributed by atoms with van der Waals surface area (Å²) in [5, 5.41) is 3.19. The van der Waals surface area contributed by atoms with Crippen molar-refractivity contribution >= 4 is 21.4 Å². The van der Waals surface area contributed by atoms with Crippen molar-refractivity contribution in [2.24, 2.45) is 0 Å². The first-order chi connectivity index (χ1) is 9.26. The molecule has 0 radical (unpaired) electrons. The molecule has 1 aromatic rings. The largest absolute Gasteiger partial charge is 0.491 e. The quantitative estimate of drug-likeness (QED) is 0.498. The van der Waals surface area contributed by atoms with Crippen molar-refractivity contribution in [2.45, 2.75) is 26.4 Å². The molecule has 0 aliphatic rings. The van der Waals surface area contributed by atoms with E-state index < -0.39 is 10.0 Å². The molecule has 20 heavy (non-hydrogen) atoms. The lowest BCUT2D eigenvalue weighted by atomic mass is 10.2. The van der Waals surface area contributed by atoms with E-state index in [0.717, 1.165) is 17.7 Å². The molecule has 0 heterocycles. The van der Waals surface area contributed by atoms with Gasteiger partial charge in [0.2, 0.25) is 10.0 Å². The minimum absolute atomic E-state index is 0.0867. The zero-order valence-electron chi connectivity index (χ0n) is 12.1. The maximum atomic E-state index is 10.9. The molecule has 0 saturated heterocycles. The molecule has 6 nitrogen and oxygen atoms in total. The Kier molecular flexibility index (Phi) is 6.09. The minimum Gasteiger partial charge on any atom is -0.491 e. The summed E-state index contributed by atoms with van der Waals surface area (Å²) in [5.41, 5.74) is 7.30. The normalized spacial score (nSPS) is 11.6. The Labute approximate surface area is 120 Å². The van der Waals surface area contributed by atoms with Crippen molar-refractivity contribution in [1.82, 2.24) is 4.72 Å². The molecule has 1 rings (SSSR count). The third kappa shape index (κ3) is 7.20. The highest BCUT2D eigenvalue weighted by atomic mass is 32.2. The second-order valence-electron chi connectivity index (χ2n) is 4.90. The lowest BCUT2D eigenvalue weighted by Crippen LogP contribution is -2.24. The summed E-state index contributed by atoms with van der Waals surface area (Å²) in [6.07, 6.45) is 1.92. The van der Waals surface area contributed by atoms with Crippen molar-refractivity contribution in [2.75, 3.05) is 30.4 Å². The summed E-state index contributed by atoms with van der Waals surface area (Å²) in [6.45, 7) is 4.96. The van der Waals surface area contributed by atoms with Crippen LogP contribution in [0, 0.1) is 0 Å². The van der Waals surface area contributed by atoms with Crippen LogP contribution >= 0.6 is 0 Å². The first kappa shape index (κ1) is 16.6. The van der Waals surface area contributed by atoms with Crippen LogP contribution in [0.25, 0.3) is 0 Å². The molecule has 114 valence electrons. The van der Waals surface area contributed by atoms with Gasteiger partial charge in [-0.1, -0.05) is 0 Å². The summed E-state index contributed by atoms with van der Waals surface area (Å²) < 4.78 is 29.8. The van der Waals surface area contributed by atoms with Gasteiger partial charge in [-0.05, 0) is 26.3 Å². The van der Waals surface area contributed by atoms with Gasteiger partial charge in [0.25, 0.3) is 0 Å². The van der Waals surface area contributed by atoms with Crippen LogP contribution in [0.2, 0.25) is 0 Å². The van der Waals surface area contributed by atoms with Crippen LogP contribution < -0.4 is 20.5 Å². The molecule has 0 unspecified atom stereocenters. The summed E-state index contributed by atoms with van der Waals surface area (Å²) in [6, 6.07) is 5.47. The van der Waals surface area contributed by atoms with Gasteiger partial charge in [-0.25, -0.2) is 13.1 Å². The fourth-order valence-electron chi connectivity index (χ4n) is 1.64. The molecule has 1 aromatic carbocycles. The highest BCUT2D eigenvalue weighted by Gasteiger charge is 2.03. The van der Waals surface area contributed by atoms with Gasteiger partial charge in [0.1, 0.15) is 5.75 Å². The Hall–Kier alpha value is -1.47. The highest BCUT2D eigenvalue weighted by molar-refractivity contribution is 7.88. The number of nitrogens with two attached hydrogens (primary N) is 1. The number of rotatable bonds is 8. The molecule has 0 aliphatic carbocycles. The number of sulfonamides is 1.